The van der Waals surface area contributed by atoms with Gasteiger partial charge in [-0.3, -0.25) is 24.5 Å². The first-order chi connectivity index (χ1) is 14.6. The van der Waals surface area contributed by atoms with Gasteiger partial charge in [0.05, 0.1) is 5.71 Å². The van der Waals surface area contributed by atoms with E-state index in [1.807, 2.05) is 31.4 Å². The molecule has 7 nitrogen and oxygen atoms in total. The topological polar surface area (TPSA) is 87.0 Å². The lowest BCUT2D eigenvalue weighted by atomic mass is 9.97. The number of nitrogens with zero attached hydrogens (tertiary/aromatic N) is 4. The van der Waals surface area contributed by atoms with Gasteiger partial charge in [-0.05, 0) is 47.8 Å². The highest BCUT2D eigenvalue weighted by atomic mass is 16.2. The van der Waals surface area contributed by atoms with Crippen molar-refractivity contribution in [3.05, 3.63) is 59.0 Å². The molecule has 154 valence electrons. The maximum Gasteiger partial charge on any atom is 0.272 e. The molecule has 4 heterocycles. The minimum Gasteiger partial charge on any atom is -0.354 e. The molecule has 2 amide bonds. The fourth-order valence-electron chi connectivity index (χ4n) is 3.82. The summed E-state index contributed by atoms with van der Waals surface area (Å²) in [5, 5.41) is 2.58. The van der Waals surface area contributed by atoms with Crippen molar-refractivity contribution in [1.82, 2.24) is 15.2 Å². The summed E-state index contributed by atoms with van der Waals surface area (Å²) in [7, 11) is 1.60. The molecular weight excluding hydrogens is 378 g/mol. The van der Waals surface area contributed by atoms with Crippen LogP contribution in [0.1, 0.15) is 35.8 Å². The van der Waals surface area contributed by atoms with Gasteiger partial charge in [-0.2, -0.15) is 0 Å². The van der Waals surface area contributed by atoms with Crippen LogP contribution in [0, 0.1) is 0 Å². The van der Waals surface area contributed by atoms with E-state index in [1.54, 1.807) is 19.3 Å². The largest absolute Gasteiger partial charge is 0.354 e. The van der Waals surface area contributed by atoms with Crippen LogP contribution in [0.4, 0.5) is 0 Å². The van der Waals surface area contributed by atoms with E-state index < -0.39 is 0 Å². The maximum atomic E-state index is 12.0. The van der Waals surface area contributed by atoms with E-state index in [9.17, 15) is 9.59 Å². The Morgan fingerprint density at radius 2 is 2.20 bits per heavy atom. The molecule has 0 saturated heterocycles. The van der Waals surface area contributed by atoms with Crippen LogP contribution in [0.5, 0.6) is 0 Å². The summed E-state index contributed by atoms with van der Waals surface area (Å²) in [5.74, 6) is -0.321. The number of dihydropyridines is 2. The summed E-state index contributed by atoms with van der Waals surface area (Å²) in [6.45, 7) is 4.48. The number of carbonyl (C=O) groups is 2. The first kappa shape index (κ1) is 20.1. The Morgan fingerprint density at radius 3 is 2.87 bits per heavy atom. The van der Waals surface area contributed by atoms with E-state index in [2.05, 4.69) is 31.3 Å². The van der Waals surface area contributed by atoms with Gasteiger partial charge in [-0.1, -0.05) is 19.1 Å². The molecule has 1 unspecified atom stereocenters. The van der Waals surface area contributed by atoms with Crippen LogP contribution in [0.3, 0.4) is 0 Å². The lowest BCUT2D eigenvalue weighted by molar-refractivity contribution is -0.114. The molecular formula is C23H25N5O2. The normalized spacial score (nSPS) is 21.3. The maximum absolute atomic E-state index is 12.0. The van der Waals surface area contributed by atoms with Gasteiger partial charge in [0.15, 0.2) is 0 Å². The summed E-state index contributed by atoms with van der Waals surface area (Å²) in [6.07, 6.45) is 11.4. The van der Waals surface area contributed by atoms with Crippen molar-refractivity contribution < 1.29 is 9.59 Å². The molecule has 1 aromatic heterocycles. The van der Waals surface area contributed by atoms with Gasteiger partial charge in [0, 0.05) is 44.7 Å². The lowest BCUT2D eigenvalue weighted by Crippen LogP contribution is -2.33. The molecule has 7 heteroatoms. The molecule has 1 aromatic rings. The van der Waals surface area contributed by atoms with Gasteiger partial charge in [0.25, 0.3) is 11.8 Å². The second-order valence-corrected chi connectivity index (χ2v) is 7.56. The molecule has 0 bridgehead atoms. The van der Waals surface area contributed by atoms with Crippen LogP contribution in [0.2, 0.25) is 0 Å². The second-order valence-electron chi connectivity index (χ2n) is 7.56. The highest BCUT2D eigenvalue weighted by Gasteiger charge is 2.24. The van der Waals surface area contributed by atoms with Gasteiger partial charge in [-0.25, -0.2) is 4.99 Å². The van der Waals surface area contributed by atoms with Crippen molar-refractivity contribution >= 4 is 29.3 Å². The minimum absolute atomic E-state index is 0.125. The number of pyridine rings is 1. The Labute approximate surface area is 176 Å². The molecule has 1 N–H and O–H groups in total. The highest BCUT2D eigenvalue weighted by molar-refractivity contribution is 6.16. The molecule has 0 saturated carbocycles. The third kappa shape index (κ3) is 4.21. The van der Waals surface area contributed by atoms with Gasteiger partial charge < -0.3 is 5.32 Å². The Hall–Kier alpha value is -3.19. The summed E-state index contributed by atoms with van der Waals surface area (Å²) in [5.41, 5.74) is 5.27. The number of hydrogen-bond acceptors (Lipinski definition) is 5. The molecule has 1 atom stereocenters. The molecule has 0 spiro atoms. The standard InChI is InChI=1S/C23H25N5O2/c1-3-16-11-20-21(27-22(16)29)10-15(12-25-20)14-28-8-6-17(7-9-28)18-4-5-19(26-13-18)23(30)24-2/h4-6,10-13,20H,3,7-9,14H2,1-2H3,(H,24,30). The predicted octanol–water partition coefficient (Wildman–Crippen LogP) is 2.23. The average Bonchev–Trinajstić information content (AvgIpc) is 2.78. The smallest absolute Gasteiger partial charge is 0.272 e. The second kappa shape index (κ2) is 8.67. The van der Waals surface area contributed by atoms with E-state index >= 15 is 0 Å². The molecule has 3 aliphatic rings. The number of nitrogens with one attached hydrogen (secondary N) is 1. The van der Waals surface area contributed by atoms with E-state index in [1.165, 1.54) is 5.57 Å². The summed E-state index contributed by atoms with van der Waals surface area (Å²) in [4.78, 5) is 39.1. The summed E-state index contributed by atoms with van der Waals surface area (Å²) < 4.78 is 0. The van der Waals surface area contributed by atoms with Gasteiger partial charge in [-0.15, -0.1) is 0 Å². The van der Waals surface area contributed by atoms with Crippen LogP contribution >= 0.6 is 0 Å². The first-order valence-electron chi connectivity index (χ1n) is 10.2. The zero-order valence-electron chi connectivity index (χ0n) is 17.3. The molecule has 0 aromatic carbocycles. The quantitative estimate of drug-likeness (QED) is 0.817. The third-order valence-electron chi connectivity index (χ3n) is 5.58. The number of rotatable bonds is 5. The van der Waals surface area contributed by atoms with Crippen LogP contribution in [-0.2, 0) is 4.79 Å². The number of carbonyl (C=O) groups excluding carboxylic acids is 2. The highest BCUT2D eigenvalue weighted by Crippen LogP contribution is 2.23. The molecule has 4 rings (SSSR count). The third-order valence-corrected chi connectivity index (χ3v) is 5.58. The van der Waals surface area contributed by atoms with Crippen LogP contribution in [0.25, 0.3) is 5.57 Å². The minimum atomic E-state index is -0.180. The van der Waals surface area contributed by atoms with Crippen LogP contribution in [-0.4, -0.2) is 66.3 Å². The predicted molar refractivity (Wildman–Crippen MR) is 118 cm³/mol. The van der Waals surface area contributed by atoms with Crippen molar-refractivity contribution in [1.29, 1.82) is 0 Å². The van der Waals surface area contributed by atoms with Crippen molar-refractivity contribution in [3.8, 4) is 0 Å². The monoisotopic (exact) mass is 403 g/mol. The molecule has 30 heavy (non-hydrogen) atoms. The van der Waals surface area contributed by atoms with E-state index in [0.29, 0.717) is 12.1 Å². The number of aliphatic imine (C=N–C) groups is 2. The number of amides is 2. The van der Waals surface area contributed by atoms with Crippen molar-refractivity contribution in [2.75, 3.05) is 26.7 Å². The first-order valence-corrected chi connectivity index (χ1v) is 10.2. The SMILES string of the molecule is CCC1=CC2N=CC(CN3CC=C(c4ccc(C(=O)NC)nc4)CC3)=CC2=NC1=O. The summed E-state index contributed by atoms with van der Waals surface area (Å²) in [6, 6.07) is 3.58. The summed E-state index contributed by atoms with van der Waals surface area (Å²) >= 11 is 0. The molecule has 0 fully saturated rings. The number of hydrogen-bond donors (Lipinski definition) is 1. The zero-order chi connectivity index (χ0) is 21.1. The molecule has 3 aliphatic heterocycles. The zero-order valence-corrected chi connectivity index (χ0v) is 17.3. The molecule has 0 aliphatic carbocycles. The van der Waals surface area contributed by atoms with Crippen LogP contribution in [0.15, 0.2) is 57.7 Å². The van der Waals surface area contributed by atoms with Crippen molar-refractivity contribution in [3.63, 3.8) is 0 Å². The van der Waals surface area contributed by atoms with Gasteiger partial charge in [0.2, 0.25) is 0 Å². The molecule has 0 radical (unpaired) electrons. The van der Waals surface area contributed by atoms with E-state index in [0.717, 1.165) is 48.5 Å². The number of aromatic nitrogens is 1. The fourth-order valence-corrected chi connectivity index (χ4v) is 3.82. The van der Waals surface area contributed by atoms with E-state index in [-0.39, 0.29) is 17.9 Å². The lowest BCUT2D eigenvalue weighted by Gasteiger charge is -2.28. The Kier molecular flexibility index (Phi) is 5.81. The average molecular weight is 403 g/mol. The van der Waals surface area contributed by atoms with Gasteiger partial charge >= 0.3 is 0 Å². The van der Waals surface area contributed by atoms with E-state index in [4.69, 9.17) is 0 Å². The number of fused-ring (bicyclic) bond motifs is 1. The van der Waals surface area contributed by atoms with Gasteiger partial charge in [0.1, 0.15) is 11.7 Å². The Bertz CT molecular complexity index is 1010. The van der Waals surface area contributed by atoms with Crippen molar-refractivity contribution in [2.45, 2.75) is 25.8 Å². The van der Waals surface area contributed by atoms with Crippen LogP contribution < -0.4 is 5.32 Å². The van der Waals surface area contributed by atoms with Crippen molar-refractivity contribution in [2.24, 2.45) is 9.98 Å². The Balaban J connectivity index is 1.38. The Morgan fingerprint density at radius 1 is 1.33 bits per heavy atom. The fraction of sp³-hybridized carbons (Fsp3) is 0.348.